The van der Waals surface area contributed by atoms with Crippen molar-refractivity contribution in [1.82, 2.24) is 5.32 Å². The molecule has 0 unspecified atom stereocenters. The zero-order valence-corrected chi connectivity index (χ0v) is 16.8. The Bertz CT molecular complexity index is 790. The van der Waals surface area contributed by atoms with Crippen molar-refractivity contribution >= 4 is 5.91 Å². The fourth-order valence-electron chi connectivity index (χ4n) is 3.91. The molecular formula is C22H29NO5. The average molecular weight is 387 g/mol. The summed E-state index contributed by atoms with van der Waals surface area (Å²) in [6.07, 6.45) is 1.03. The van der Waals surface area contributed by atoms with E-state index < -0.39 is 11.5 Å². The molecule has 0 bridgehead atoms. The van der Waals surface area contributed by atoms with Crippen LogP contribution in [0, 0.1) is 13.8 Å². The minimum atomic E-state index is -0.663. The molecule has 0 spiro atoms. The van der Waals surface area contributed by atoms with Crippen LogP contribution in [0.2, 0.25) is 0 Å². The number of carbonyl (C=O) groups excluding carboxylic acids is 1. The number of benzene rings is 1. The van der Waals surface area contributed by atoms with Crippen LogP contribution in [0.3, 0.4) is 0 Å². The molecule has 0 radical (unpaired) electrons. The molecule has 1 atom stereocenters. The van der Waals surface area contributed by atoms with Gasteiger partial charge in [-0.3, -0.25) is 4.79 Å². The summed E-state index contributed by atoms with van der Waals surface area (Å²) in [6, 6.07) is 9.52. The first-order valence-corrected chi connectivity index (χ1v) is 9.72. The maximum Gasteiger partial charge on any atom is 0.230 e. The van der Waals surface area contributed by atoms with Gasteiger partial charge in [0.25, 0.3) is 0 Å². The van der Waals surface area contributed by atoms with E-state index in [1.807, 2.05) is 44.2 Å². The SMILES string of the molecule is COc1ccc(C2(C(=O)NCC[C@@H](O)c3cc(C)oc3C)CCOCC2)cc1. The number of aliphatic hydroxyl groups is 1. The first kappa shape index (κ1) is 20.4. The van der Waals surface area contributed by atoms with E-state index in [9.17, 15) is 9.90 Å². The van der Waals surface area contributed by atoms with Gasteiger partial charge >= 0.3 is 0 Å². The summed E-state index contributed by atoms with van der Waals surface area (Å²) >= 11 is 0. The predicted molar refractivity (Wildman–Crippen MR) is 105 cm³/mol. The smallest absolute Gasteiger partial charge is 0.230 e. The summed E-state index contributed by atoms with van der Waals surface area (Å²) in [7, 11) is 1.63. The molecule has 0 aliphatic carbocycles. The van der Waals surface area contributed by atoms with E-state index in [-0.39, 0.29) is 5.91 Å². The maximum absolute atomic E-state index is 13.2. The molecule has 0 saturated carbocycles. The highest BCUT2D eigenvalue weighted by atomic mass is 16.5. The number of hydrogen-bond acceptors (Lipinski definition) is 5. The molecule has 1 amide bonds. The van der Waals surface area contributed by atoms with Gasteiger partial charge in [-0.25, -0.2) is 0 Å². The van der Waals surface area contributed by atoms with Crippen LogP contribution in [0.15, 0.2) is 34.7 Å². The Labute approximate surface area is 165 Å². The molecule has 2 aromatic rings. The van der Waals surface area contributed by atoms with Crippen molar-refractivity contribution in [3.63, 3.8) is 0 Å². The molecule has 6 nitrogen and oxygen atoms in total. The van der Waals surface area contributed by atoms with Crippen LogP contribution in [0.1, 0.15) is 48.0 Å². The highest BCUT2D eigenvalue weighted by Crippen LogP contribution is 2.36. The van der Waals surface area contributed by atoms with Gasteiger partial charge in [0.1, 0.15) is 17.3 Å². The Morgan fingerprint density at radius 3 is 2.50 bits per heavy atom. The van der Waals surface area contributed by atoms with E-state index in [0.29, 0.717) is 39.0 Å². The summed E-state index contributed by atoms with van der Waals surface area (Å²) < 4.78 is 16.2. The summed E-state index contributed by atoms with van der Waals surface area (Å²) in [4.78, 5) is 13.2. The fraction of sp³-hybridized carbons (Fsp3) is 0.500. The second-order valence-corrected chi connectivity index (χ2v) is 7.35. The van der Waals surface area contributed by atoms with E-state index in [1.54, 1.807) is 7.11 Å². The van der Waals surface area contributed by atoms with Crippen LogP contribution in [0.5, 0.6) is 5.75 Å². The molecule has 1 fully saturated rings. The Kier molecular flexibility index (Phi) is 6.42. The van der Waals surface area contributed by atoms with Crippen molar-refractivity contribution < 1.29 is 23.8 Å². The number of amides is 1. The monoisotopic (exact) mass is 387 g/mol. The molecule has 152 valence electrons. The summed E-state index contributed by atoms with van der Waals surface area (Å²) in [5.41, 5.74) is 1.14. The van der Waals surface area contributed by atoms with Crippen molar-refractivity contribution in [1.29, 1.82) is 0 Å². The third-order valence-corrected chi connectivity index (χ3v) is 5.57. The lowest BCUT2D eigenvalue weighted by molar-refractivity contribution is -0.130. The molecule has 2 N–H and O–H groups in total. The summed E-state index contributed by atoms with van der Waals surface area (Å²) in [5.74, 6) is 2.24. The highest BCUT2D eigenvalue weighted by molar-refractivity contribution is 5.88. The lowest BCUT2D eigenvalue weighted by Crippen LogP contribution is -2.48. The van der Waals surface area contributed by atoms with Crippen molar-refractivity contribution in [2.45, 2.75) is 44.6 Å². The Hall–Kier alpha value is -2.31. The second kappa shape index (κ2) is 8.80. The van der Waals surface area contributed by atoms with Crippen molar-refractivity contribution in [2.24, 2.45) is 0 Å². The third kappa shape index (κ3) is 4.23. The average Bonchev–Trinajstić information content (AvgIpc) is 3.06. The van der Waals surface area contributed by atoms with Gasteiger partial charge in [0, 0.05) is 25.3 Å². The molecule has 28 heavy (non-hydrogen) atoms. The van der Waals surface area contributed by atoms with Gasteiger partial charge in [-0.1, -0.05) is 12.1 Å². The standard InChI is InChI=1S/C22H29NO5/c1-15-14-19(16(2)28-15)20(24)8-11-23-21(25)22(9-12-27-13-10-22)17-4-6-18(26-3)7-5-17/h4-7,14,20,24H,8-13H2,1-3H3,(H,23,25)/t20-/m1/s1. The number of rotatable bonds is 7. The third-order valence-electron chi connectivity index (χ3n) is 5.57. The minimum Gasteiger partial charge on any atom is -0.497 e. The number of methoxy groups -OCH3 is 1. The first-order valence-electron chi connectivity index (χ1n) is 9.72. The Balaban J connectivity index is 1.67. The number of ether oxygens (including phenoxy) is 2. The lowest BCUT2D eigenvalue weighted by atomic mass is 9.73. The lowest BCUT2D eigenvalue weighted by Gasteiger charge is -2.36. The largest absolute Gasteiger partial charge is 0.497 e. The van der Waals surface area contributed by atoms with Crippen molar-refractivity contribution in [3.05, 3.63) is 53.0 Å². The topological polar surface area (TPSA) is 80.9 Å². The summed E-state index contributed by atoms with van der Waals surface area (Å²) in [5, 5.41) is 13.5. The second-order valence-electron chi connectivity index (χ2n) is 7.35. The number of aryl methyl sites for hydroxylation is 2. The van der Waals surface area contributed by atoms with Crippen molar-refractivity contribution in [3.8, 4) is 5.75 Å². The van der Waals surface area contributed by atoms with Gasteiger partial charge in [-0.2, -0.15) is 0 Å². The predicted octanol–water partition coefficient (Wildman–Crippen LogP) is 3.19. The minimum absolute atomic E-state index is 0.0201. The molecule has 1 aliphatic heterocycles. The van der Waals surface area contributed by atoms with Crippen LogP contribution in [-0.2, 0) is 14.9 Å². The normalized spacial score (nSPS) is 17.1. The first-order chi connectivity index (χ1) is 13.5. The van der Waals surface area contributed by atoms with Crippen LogP contribution in [0.4, 0.5) is 0 Å². The van der Waals surface area contributed by atoms with Gasteiger partial charge in [0.05, 0.1) is 18.6 Å². The molecular weight excluding hydrogens is 358 g/mol. The highest BCUT2D eigenvalue weighted by Gasteiger charge is 2.41. The van der Waals surface area contributed by atoms with Crippen LogP contribution < -0.4 is 10.1 Å². The van der Waals surface area contributed by atoms with Crippen LogP contribution in [0.25, 0.3) is 0 Å². The molecule has 6 heteroatoms. The van der Waals surface area contributed by atoms with Gasteiger partial charge in [0.2, 0.25) is 5.91 Å². The van der Waals surface area contributed by atoms with Crippen LogP contribution >= 0.6 is 0 Å². The Morgan fingerprint density at radius 2 is 1.93 bits per heavy atom. The number of nitrogens with one attached hydrogen (secondary N) is 1. The van der Waals surface area contributed by atoms with Crippen molar-refractivity contribution in [2.75, 3.05) is 26.9 Å². The number of aliphatic hydroxyl groups excluding tert-OH is 1. The number of carbonyl (C=O) groups is 1. The van der Waals surface area contributed by atoms with E-state index in [0.717, 1.165) is 28.4 Å². The molecule has 1 saturated heterocycles. The quantitative estimate of drug-likeness (QED) is 0.763. The molecule has 3 rings (SSSR count). The van der Waals surface area contributed by atoms with Gasteiger partial charge < -0.3 is 24.3 Å². The zero-order valence-electron chi connectivity index (χ0n) is 16.8. The van der Waals surface area contributed by atoms with E-state index in [2.05, 4.69) is 5.32 Å². The van der Waals surface area contributed by atoms with E-state index in [4.69, 9.17) is 13.9 Å². The van der Waals surface area contributed by atoms with E-state index >= 15 is 0 Å². The zero-order chi connectivity index (χ0) is 20.1. The van der Waals surface area contributed by atoms with Crippen LogP contribution in [-0.4, -0.2) is 37.9 Å². The molecule has 1 aromatic heterocycles. The van der Waals surface area contributed by atoms with Gasteiger partial charge in [-0.15, -0.1) is 0 Å². The van der Waals surface area contributed by atoms with Gasteiger partial charge in [0.15, 0.2) is 0 Å². The molecule has 1 aromatic carbocycles. The molecule has 1 aliphatic rings. The molecule has 2 heterocycles. The Morgan fingerprint density at radius 1 is 1.25 bits per heavy atom. The summed E-state index contributed by atoms with van der Waals surface area (Å²) in [6.45, 7) is 5.19. The fourth-order valence-corrected chi connectivity index (χ4v) is 3.91. The maximum atomic E-state index is 13.2. The number of furan rings is 1. The number of hydrogen-bond donors (Lipinski definition) is 2. The van der Waals surface area contributed by atoms with E-state index in [1.165, 1.54) is 0 Å². The van der Waals surface area contributed by atoms with Gasteiger partial charge in [-0.05, 0) is 56.9 Å².